The lowest BCUT2D eigenvalue weighted by Crippen LogP contribution is -2.37. The van der Waals surface area contributed by atoms with E-state index < -0.39 is 0 Å². The van der Waals surface area contributed by atoms with Crippen molar-refractivity contribution in [2.45, 2.75) is 6.92 Å². The fourth-order valence-corrected chi connectivity index (χ4v) is 2.49. The first-order valence-corrected chi connectivity index (χ1v) is 7.54. The molecule has 2 aromatic rings. The van der Waals surface area contributed by atoms with E-state index in [4.69, 9.17) is 4.74 Å². The molecule has 120 valence electrons. The van der Waals surface area contributed by atoms with Crippen LogP contribution >= 0.6 is 0 Å². The highest BCUT2D eigenvalue weighted by molar-refractivity contribution is 6.03. The lowest BCUT2D eigenvalue weighted by atomic mass is 10.2. The molecule has 0 atom stereocenters. The molecule has 6 heteroatoms. The number of rotatable bonds is 3. The highest BCUT2D eigenvalue weighted by atomic mass is 16.5. The van der Waals surface area contributed by atoms with Gasteiger partial charge in [0.15, 0.2) is 0 Å². The Balaban J connectivity index is 1.76. The van der Waals surface area contributed by atoms with Gasteiger partial charge in [-0.1, -0.05) is 6.07 Å². The first-order valence-electron chi connectivity index (χ1n) is 7.54. The zero-order valence-corrected chi connectivity index (χ0v) is 13.0. The van der Waals surface area contributed by atoms with E-state index in [-0.39, 0.29) is 11.7 Å². The summed E-state index contributed by atoms with van der Waals surface area (Å²) >= 11 is 0. The number of anilines is 2. The summed E-state index contributed by atoms with van der Waals surface area (Å²) in [5.41, 5.74) is 1.82. The summed E-state index contributed by atoms with van der Waals surface area (Å²) in [5.74, 6) is 0.685. The maximum absolute atomic E-state index is 12.4. The van der Waals surface area contributed by atoms with Crippen molar-refractivity contribution in [3.05, 3.63) is 47.7 Å². The predicted octanol–water partition coefficient (Wildman–Crippen LogP) is 2.18. The molecule has 1 amide bonds. The van der Waals surface area contributed by atoms with Crippen LogP contribution in [0.25, 0.3) is 0 Å². The van der Waals surface area contributed by atoms with Crippen LogP contribution in [0.4, 0.5) is 11.5 Å². The van der Waals surface area contributed by atoms with Gasteiger partial charge >= 0.3 is 0 Å². The molecule has 23 heavy (non-hydrogen) atoms. The number of ether oxygens (including phenoxy) is 1. The minimum atomic E-state index is -0.270. The van der Waals surface area contributed by atoms with E-state index in [1.807, 2.05) is 19.1 Å². The van der Waals surface area contributed by atoms with E-state index in [0.717, 1.165) is 24.5 Å². The number of aromatic nitrogens is 1. The highest BCUT2D eigenvalue weighted by Gasteiger charge is 2.15. The molecule has 0 aliphatic carbocycles. The molecule has 3 rings (SSSR count). The monoisotopic (exact) mass is 313 g/mol. The van der Waals surface area contributed by atoms with Crippen LogP contribution in [-0.4, -0.2) is 42.3 Å². The molecule has 0 unspecified atom stereocenters. The molecule has 1 fully saturated rings. The average molecular weight is 313 g/mol. The van der Waals surface area contributed by atoms with Gasteiger partial charge in [-0.25, -0.2) is 4.98 Å². The number of aryl methyl sites for hydroxylation is 1. The van der Waals surface area contributed by atoms with E-state index in [0.29, 0.717) is 24.6 Å². The molecule has 2 heterocycles. The van der Waals surface area contributed by atoms with Gasteiger partial charge in [0, 0.05) is 18.8 Å². The largest absolute Gasteiger partial charge is 0.508 e. The van der Waals surface area contributed by atoms with Gasteiger partial charge in [-0.2, -0.15) is 0 Å². The van der Waals surface area contributed by atoms with E-state index in [2.05, 4.69) is 15.2 Å². The molecule has 1 saturated heterocycles. The summed E-state index contributed by atoms with van der Waals surface area (Å²) in [6.45, 7) is 4.72. The van der Waals surface area contributed by atoms with E-state index >= 15 is 0 Å². The number of nitrogens with one attached hydrogen (secondary N) is 1. The zero-order chi connectivity index (χ0) is 16.2. The Morgan fingerprint density at radius 2 is 2.04 bits per heavy atom. The van der Waals surface area contributed by atoms with Gasteiger partial charge in [0.1, 0.15) is 17.3 Å². The maximum Gasteiger partial charge on any atom is 0.274 e. The minimum absolute atomic E-state index is 0.174. The summed E-state index contributed by atoms with van der Waals surface area (Å²) in [7, 11) is 0. The van der Waals surface area contributed by atoms with Crippen LogP contribution in [0.15, 0.2) is 36.4 Å². The summed E-state index contributed by atoms with van der Waals surface area (Å²) in [6.07, 6.45) is 0. The van der Waals surface area contributed by atoms with Crippen LogP contribution in [0.1, 0.15) is 16.1 Å². The Hall–Kier alpha value is -2.60. The van der Waals surface area contributed by atoms with Gasteiger partial charge in [0.05, 0.1) is 13.2 Å². The number of nitrogens with zero attached hydrogens (tertiary/aromatic N) is 2. The topological polar surface area (TPSA) is 74.7 Å². The Morgan fingerprint density at radius 3 is 2.78 bits per heavy atom. The van der Waals surface area contributed by atoms with E-state index in [9.17, 15) is 9.90 Å². The second-order valence-corrected chi connectivity index (χ2v) is 5.43. The number of aromatic hydroxyl groups is 1. The molecule has 6 nitrogen and oxygen atoms in total. The molecule has 1 aliphatic rings. The summed E-state index contributed by atoms with van der Waals surface area (Å²) in [5, 5.41) is 12.3. The van der Waals surface area contributed by atoms with Crippen LogP contribution in [0.5, 0.6) is 5.75 Å². The number of phenols is 1. The fraction of sp³-hybridized carbons (Fsp3) is 0.294. The van der Waals surface area contributed by atoms with Crippen LogP contribution < -0.4 is 10.2 Å². The van der Waals surface area contributed by atoms with Crippen molar-refractivity contribution in [3.8, 4) is 5.75 Å². The lowest BCUT2D eigenvalue weighted by Gasteiger charge is -2.27. The third kappa shape index (κ3) is 3.60. The van der Waals surface area contributed by atoms with Crippen molar-refractivity contribution < 1.29 is 14.6 Å². The first-order chi connectivity index (χ1) is 11.1. The molecular formula is C17H19N3O3. The lowest BCUT2D eigenvalue weighted by molar-refractivity contribution is 0.102. The van der Waals surface area contributed by atoms with Gasteiger partial charge in [-0.15, -0.1) is 0 Å². The van der Waals surface area contributed by atoms with Crippen molar-refractivity contribution in [2.75, 3.05) is 36.5 Å². The van der Waals surface area contributed by atoms with Crippen LogP contribution in [0.2, 0.25) is 0 Å². The first kappa shape index (κ1) is 15.3. The normalized spacial score (nSPS) is 14.6. The van der Waals surface area contributed by atoms with E-state index in [1.165, 1.54) is 0 Å². The number of pyridine rings is 1. The summed E-state index contributed by atoms with van der Waals surface area (Å²) in [4.78, 5) is 19.0. The van der Waals surface area contributed by atoms with Crippen LogP contribution in [0.3, 0.4) is 0 Å². The van der Waals surface area contributed by atoms with Gasteiger partial charge in [0.2, 0.25) is 0 Å². The van der Waals surface area contributed by atoms with Crippen molar-refractivity contribution in [1.29, 1.82) is 0 Å². The number of phenolic OH excluding ortho intramolecular Hbond substituents is 1. The Labute approximate surface area is 134 Å². The molecule has 1 aromatic heterocycles. The molecule has 2 N–H and O–H groups in total. The molecule has 0 bridgehead atoms. The van der Waals surface area contributed by atoms with Crippen molar-refractivity contribution >= 4 is 17.4 Å². The highest BCUT2D eigenvalue weighted by Crippen LogP contribution is 2.21. The maximum atomic E-state index is 12.4. The third-order valence-corrected chi connectivity index (χ3v) is 3.76. The molecular weight excluding hydrogens is 294 g/mol. The quantitative estimate of drug-likeness (QED) is 0.850. The van der Waals surface area contributed by atoms with Gasteiger partial charge in [-0.3, -0.25) is 4.79 Å². The number of hydrogen-bond donors (Lipinski definition) is 2. The number of carbonyl (C=O) groups is 1. The minimum Gasteiger partial charge on any atom is -0.508 e. The van der Waals surface area contributed by atoms with Gasteiger partial charge in [-0.05, 0) is 42.8 Å². The van der Waals surface area contributed by atoms with Crippen molar-refractivity contribution in [3.63, 3.8) is 0 Å². The number of benzene rings is 1. The number of morpholine rings is 1. The molecule has 0 radical (unpaired) electrons. The van der Waals surface area contributed by atoms with Crippen LogP contribution in [0, 0.1) is 6.92 Å². The second kappa shape index (κ2) is 6.66. The Bertz CT molecular complexity index is 712. The van der Waals surface area contributed by atoms with Gasteiger partial charge < -0.3 is 20.1 Å². The molecule has 1 aromatic carbocycles. The van der Waals surface area contributed by atoms with Crippen LogP contribution in [-0.2, 0) is 4.74 Å². The fourth-order valence-electron chi connectivity index (χ4n) is 2.49. The summed E-state index contributed by atoms with van der Waals surface area (Å²) < 4.78 is 5.33. The van der Waals surface area contributed by atoms with Crippen molar-refractivity contribution in [1.82, 2.24) is 4.98 Å². The van der Waals surface area contributed by atoms with Crippen molar-refractivity contribution in [2.24, 2.45) is 0 Å². The SMILES string of the molecule is Cc1cc(O)ccc1NC(=O)c1cccc(N2CCOCC2)n1. The second-order valence-electron chi connectivity index (χ2n) is 5.43. The number of carbonyl (C=O) groups excluding carboxylic acids is 1. The third-order valence-electron chi connectivity index (χ3n) is 3.76. The smallest absolute Gasteiger partial charge is 0.274 e. The number of hydrogen-bond acceptors (Lipinski definition) is 5. The predicted molar refractivity (Wildman–Crippen MR) is 88.1 cm³/mol. The Morgan fingerprint density at radius 1 is 1.26 bits per heavy atom. The molecule has 0 spiro atoms. The summed E-state index contributed by atoms with van der Waals surface area (Å²) in [6, 6.07) is 10.2. The molecule has 1 aliphatic heterocycles. The molecule has 0 saturated carbocycles. The average Bonchev–Trinajstić information content (AvgIpc) is 2.58. The van der Waals surface area contributed by atoms with E-state index in [1.54, 1.807) is 24.3 Å². The zero-order valence-electron chi connectivity index (χ0n) is 13.0. The Kier molecular flexibility index (Phi) is 4.43. The standard InChI is InChI=1S/C17H19N3O3/c1-12-11-13(21)5-6-14(12)19-17(22)15-3-2-4-16(18-15)20-7-9-23-10-8-20/h2-6,11,21H,7-10H2,1H3,(H,19,22). The van der Waals surface area contributed by atoms with Gasteiger partial charge in [0.25, 0.3) is 5.91 Å². The number of amides is 1.